The highest BCUT2D eigenvalue weighted by atomic mass is 19.2. The second-order valence-electron chi connectivity index (χ2n) is 9.71. The van der Waals surface area contributed by atoms with E-state index in [9.17, 15) is 8.78 Å². The molecule has 0 aliphatic rings. The first kappa shape index (κ1) is 26.9. The third-order valence-corrected chi connectivity index (χ3v) is 6.73. The Kier molecular flexibility index (Phi) is 10.8. The van der Waals surface area contributed by atoms with Crippen LogP contribution in [0.3, 0.4) is 0 Å². The van der Waals surface area contributed by atoms with Crippen LogP contribution in [-0.4, -0.2) is 6.61 Å². The third-order valence-electron chi connectivity index (χ3n) is 6.73. The average molecular weight is 479 g/mol. The van der Waals surface area contributed by atoms with Crippen molar-refractivity contribution in [1.29, 1.82) is 0 Å². The van der Waals surface area contributed by atoms with Gasteiger partial charge in [0, 0.05) is 5.56 Å². The summed E-state index contributed by atoms with van der Waals surface area (Å²) in [7, 11) is 0. The molecular formula is C32H40F2O. The van der Waals surface area contributed by atoms with Gasteiger partial charge in [-0.25, -0.2) is 4.39 Å². The first-order chi connectivity index (χ1) is 17.0. The van der Waals surface area contributed by atoms with Crippen molar-refractivity contribution in [1.82, 2.24) is 0 Å². The molecule has 0 N–H and O–H groups in total. The van der Waals surface area contributed by atoms with Gasteiger partial charge in [-0.15, -0.1) is 0 Å². The summed E-state index contributed by atoms with van der Waals surface area (Å²) in [5, 5.41) is 0. The standard InChI is InChI=1S/C32H40F2O/c1-4-6-7-12-25-13-15-26(16-14-25)27-17-19-28(20-18-27)29-21-22-30(32(34)31(29)33)35-23-9-8-11-24(3)10-5-2/h13-22,24H,4-12,23H2,1-3H3. The van der Waals surface area contributed by atoms with E-state index in [0.29, 0.717) is 18.1 Å². The van der Waals surface area contributed by atoms with Crippen LogP contribution in [-0.2, 0) is 6.42 Å². The van der Waals surface area contributed by atoms with Crippen LogP contribution >= 0.6 is 0 Å². The Balaban J connectivity index is 1.59. The van der Waals surface area contributed by atoms with E-state index >= 15 is 0 Å². The van der Waals surface area contributed by atoms with Crippen molar-refractivity contribution < 1.29 is 13.5 Å². The Bertz CT molecular complexity index is 1020. The number of hydrogen-bond donors (Lipinski definition) is 0. The van der Waals surface area contributed by atoms with E-state index in [0.717, 1.165) is 36.8 Å². The number of unbranched alkanes of at least 4 members (excludes halogenated alkanes) is 3. The molecule has 3 aromatic carbocycles. The molecule has 3 aromatic rings. The minimum absolute atomic E-state index is 0.0106. The summed E-state index contributed by atoms with van der Waals surface area (Å²) in [4.78, 5) is 0. The maximum atomic E-state index is 14.9. The summed E-state index contributed by atoms with van der Waals surface area (Å²) >= 11 is 0. The molecule has 0 aliphatic carbocycles. The third kappa shape index (κ3) is 7.92. The van der Waals surface area contributed by atoms with Crippen LogP contribution in [0.5, 0.6) is 5.75 Å². The molecule has 0 radical (unpaired) electrons. The van der Waals surface area contributed by atoms with Crippen LogP contribution in [0.15, 0.2) is 60.7 Å². The highest BCUT2D eigenvalue weighted by molar-refractivity contribution is 5.71. The van der Waals surface area contributed by atoms with Gasteiger partial charge < -0.3 is 4.74 Å². The maximum Gasteiger partial charge on any atom is 0.201 e. The molecule has 0 aliphatic heterocycles. The van der Waals surface area contributed by atoms with E-state index in [-0.39, 0.29) is 11.3 Å². The molecule has 0 spiro atoms. The molecule has 188 valence electrons. The summed E-state index contributed by atoms with van der Waals surface area (Å²) in [5.41, 5.74) is 4.43. The fraction of sp³-hybridized carbons (Fsp3) is 0.438. The molecule has 3 rings (SSSR count). The summed E-state index contributed by atoms with van der Waals surface area (Å²) in [6.07, 6.45) is 10.3. The lowest BCUT2D eigenvalue weighted by Gasteiger charge is -2.12. The number of hydrogen-bond acceptors (Lipinski definition) is 1. The monoisotopic (exact) mass is 478 g/mol. The highest BCUT2D eigenvalue weighted by Crippen LogP contribution is 2.31. The minimum atomic E-state index is -0.912. The second-order valence-corrected chi connectivity index (χ2v) is 9.71. The van der Waals surface area contributed by atoms with E-state index in [4.69, 9.17) is 4.74 Å². The molecular weight excluding hydrogens is 438 g/mol. The van der Waals surface area contributed by atoms with Crippen molar-refractivity contribution in [3.63, 3.8) is 0 Å². The lowest BCUT2D eigenvalue weighted by atomic mass is 9.98. The van der Waals surface area contributed by atoms with Gasteiger partial charge >= 0.3 is 0 Å². The predicted octanol–water partition coefficient (Wildman–Crippen LogP) is 10.0. The number of halogens is 2. The predicted molar refractivity (Wildman–Crippen MR) is 144 cm³/mol. The lowest BCUT2D eigenvalue weighted by molar-refractivity contribution is 0.281. The summed E-state index contributed by atoms with van der Waals surface area (Å²) < 4.78 is 35.1. The van der Waals surface area contributed by atoms with Crippen molar-refractivity contribution in [3.8, 4) is 28.0 Å². The Hall–Kier alpha value is -2.68. The Morgan fingerprint density at radius 1 is 0.657 bits per heavy atom. The molecule has 1 unspecified atom stereocenters. The number of benzene rings is 3. The molecule has 0 saturated carbocycles. The van der Waals surface area contributed by atoms with Crippen LogP contribution in [0, 0.1) is 17.6 Å². The average Bonchev–Trinajstić information content (AvgIpc) is 2.87. The number of aryl methyl sites for hydroxylation is 1. The van der Waals surface area contributed by atoms with E-state index < -0.39 is 11.6 Å². The van der Waals surface area contributed by atoms with Gasteiger partial charge in [-0.2, -0.15) is 4.39 Å². The SMILES string of the molecule is CCCCCc1ccc(-c2ccc(-c3ccc(OCCCCC(C)CCC)c(F)c3F)cc2)cc1. The van der Waals surface area contributed by atoms with Gasteiger partial charge in [-0.05, 0) is 66.0 Å². The molecule has 1 atom stereocenters. The Morgan fingerprint density at radius 2 is 1.31 bits per heavy atom. The molecule has 3 heteroatoms. The van der Waals surface area contributed by atoms with Crippen LogP contribution in [0.4, 0.5) is 8.78 Å². The van der Waals surface area contributed by atoms with Crippen LogP contribution < -0.4 is 4.74 Å². The summed E-state index contributed by atoms with van der Waals surface area (Å²) in [6, 6.07) is 19.4. The normalized spacial score (nSPS) is 12.0. The van der Waals surface area contributed by atoms with Crippen molar-refractivity contribution >= 4 is 0 Å². The molecule has 0 bridgehead atoms. The number of rotatable bonds is 14. The molecule has 0 fully saturated rings. The highest BCUT2D eigenvalue weighted by Gasteiger charge is 2.16. The van der Waals surface area contributed by atoms with E-state index in [1.165, 1.54) is 37.7 Å². The molecule has 0 amide bonds. The molecule has 0 saturated heterocycles. The first-order valence-electron chi connectivity index (χ1n) is 13.3. The van der Waals surface area contributed by atoms with Gasteiger partial charge in [0.05, 0.1) is 6.61 Å². The Labute approximate surface area is 210 Å². The van der Waals surface area contributed by atoms with E-state index in [1.54, 1.807) is 12.1 Å². The van der Waals surface area contributed by atoms with Crippen molar-refractivity contribution in [3.05, 3.63) is 77.9 Å². The quantitative estimate of drug-likeness (QED) is 0.209. The molecule has 0 aromatic heterocycles. The van der Waals surface area contributed by atoms with Gasteiger partial charge in [0.15, 0.2) is 11.6 Å². The zero-order valence-electron chi connectivity index (χ0n) is 21.6. The van der Waals surface area contributed by atoms with Gasteiger partial charge in [0.25, 0.3) is 0 Å². The summed E-state index contributed by atoms with van der Waals surface area (Å²) in [6.45, 7) is 7.08. The Morgan fingerprint density at radius 3 is 1.97 bits per heavy atom. The van der Waals surface area contributed by atoms with Crippen LogP contribution in [0.25, 0.3) is 22.3 Å². The van der Waals surface area contributed by atoms with E-state index in [1.807, 2.05) is 24.3 Å². The van der Waals surface area contributed by atoms with Gasteiger partial charge in [-0.3, -0.25) is 0 Å². The minimum Gasteiger partial charge on any atom is -0.490 e. The van der Waals surface area contributed by atoms with Crippen molar-refractivity contribution in [2.75, 3.05) is 6.61 Å². The number of ether oxygens (including phenoxy) is 1. The molecule has 1 nitrogen and oxygen atoms in total. The zero-order valence-corrected chi connectivity index (χ0v) is 21.6. The topological polar surface area (TPSA) is 9.23 Å². The van der Waals surface area contributed by atoms with Gasteiger partial charge in [0.2, 0.25) is 5.82 Å². The maximum absolute atomic E-state index is 14.9. The fourth-order valence-corrected chi connectivity index (χ4v) is 4.57. The zero-order chi connectivity index (χ0) is 25.0. The van der Waals surface area contributed by atoms with Crippen LogP contribution in [0.1, 0.15) is 77.7 Å². The lowest BCUT2D eigenvalue weighted by Crippen LogP contribution is -2.03. The fourth-order valence-electron chi connectivity index (χ4n) is 4.57. The molecule has 0 heterocycles. The van der Waals surface area contributed by atoms with Crippen molar-refractivity contribution in [2.45, 2.75) is 78.6 Å². The smallest absolute Gasteiger partial charge is 0.201 e. The van der Waals surface area contributed by atoms with Crippen LogP contribution in [0.2, 0.25) is 0 Å². The van der Waals surface area contributed by atoms with Crippen molar-refractivity contribution in [2.24, 2.45) is 5.92 Å². The first-order valence-corrected chi connectivity index (χ1v) is 13.3. The molecule has 35 heavy (non-hydrogen) atoms. The summed E-state index contributed by atoms with van der Waals surface area (Å²) in [5.74, 6) is -1.08. The van der Waals surface area contributed by atoms with Gasteiger partial charge in [-0.1, -0.05) is 101 Å². The van der Waals surface area contributed by atoms with E-state index in [2.05, 4.69) is 45.0 Å². The largest absolute Gasteiger partial charge is 0.490 e. The second kappa shape index (κ2) is 14.0. The van der Waals surface area contributed by atoms with Gasteiger partial charge in [0.1, 0.15) is 0 Å².